The van der Waals surface area contributed by atoms with Crippen molar-refractivity contribution in [2.24, 2.45) is 5.41 Å². The lowest BCUT2D eigenvalue weighted by Crippen LogP contribution is -2.49. The summed E-state index contributed by atoms with van der Waals surface area (Å²) in [6.07, 6.45) is 1.48. The molecule has 1 unspecified atom stereocenters. The summed E-state index contributed by atoms with van der Waals surface area (Å²) in [5.74, 6) is -0.398. The first-order valence-corrected chi connectivity index (χ1v) is 7.47. The van der Waals surface area contributed by atoms with Gasteiger partial charge in [-0.05, 0) is 44.9 Å². The Morgan fingerprint density at radius 2 is 2.23 bits per heavy atom. The van der Waals surface area contributed by atoms with Crippen molar-refractivity contribution in [2.45, 2.75) is 26.7 Å². The quantitative estimate of drug-likeness (QED) is 0.803. The lowest BCUT2D eigenvalue weighted by Gasteiger charge is -2.38. The number of esters is 1. The number of carbonyl (C=O) groups is 2. The zero-order valence-corrected chi connectivity index (χ0v) is 13.0. The van der Waals surface area contributed by atoms with Gasteiger partial charge in [0.2, 0.25) is 0 Å². The fourth-order valence-corrected chi connectivity index (χ4v) is 2.79. The largest absolute Gasteiger partial charge is 0.466 e. The first kappa shape index (κ1) is 16.0. The molecule has 0 N–H and O–H groups in total. The van der Waals surface area contributed by atoms with Crippen molar-refractivity contribution in [3.8, 4) is 6.07 Å². The molecule has 1 aromatic carbocycles. The minimum absolute atomic E-state index is 0.146. The molecule has 1 heterocycles. The second-order valence-electron chi connectivity index (χ2n) is 5.80. The molecule has 0 radical (unpaired) electrons. The highest BCUT2D eigenvalue weighted by Crippen LogP contribution is 2.31. The molecule has 116 valence electrons. The van der Waals surface area contributed by atoms with Crippen LogP contribution in [-0.4, -0.2) is 36.5 Å². The summed E-state index contributed by atoms with van der Waals surface area (Å²) in [5, 5.41) is 8.93. The first-order chi connectivity index (χ1) is 10.5. The summed E-state index contributed by atoms with van der Waals surface area (Å²) in [4.78, 5) is 26.4. The first-order valence-electron chi connectivity index (χ1n) is 7.47. The Balaban J connectivity index is 2.16. The van der Waals surface area contributed by atoms with E-state index in [1.165, 1.54) is 0 Å². The zero-order valence-electron chi connectivity index (χ0n) is 13.0. The van der Waals surface area contributed by atoms with E-state index in [1.54, 1.807) is 36.1 Å². The van der Waals surface area contributed by atoms with Crippen LogP contribution in [0, 0.1) is 16.7 Å². The SMILES string of the molecule is CCOC(=O)C1(C)CCCN(C(=O)c2cccc(C#N)c2)C1. The van der Waals surface area contributed by atoms with Crippen molar-refractivity contribution in [3.63, 3.8) is 0 Å². The van der Waals surface area contributed by atoms with Gasteiger partial charge in [-0.15, -0.1) is 0 Å². The van der Waals surface area contributed by atoms with Gasteiger partial charge in [-0.1, -0.05) is 6.07 Å². The van der Waals surface area contributed by atoms with E-state index in [0.717, 1.165) is 6.42 Å². The highest BCUT2D eigenvalue weighted by molar-refractivity contribution is 5.95. The van der Waals surface area contributed by atoms with Crippen molar-refractivity contribution >= 4 is 11.9 Å². The van der Waals surface area contributed by atoms with E-state index in [-0.39, 0.29) is 11.9 Å². The number of amides is 1. The molecule has 0 aromatic heterocycles. The molecular weight excluding hydrogens is 280 g/mol. The van der Waals surface area contributed by atoms with E-state index >= 15 is 0 Å². The Labute approximate surface area is 130 Å². The minimum Gasteiger partial charge on any atom is -0.466 e. The molecule has 2 rings (SSSR count). The normalized spacial score (nSPS) is 21.0. The molecule has 5 heteroatoms. The van der Waals surface area contributed by atoms with Gasteiger partial charge in [0.25, 0.3) is 5.91 Å². The predicted octanol–water partition coefficient (Wildman–Crippen LogP) is 2.36. The van der Waals surface area contributed by atoms with Crippen molar-refractivity contribution < 1.29 is 14.3 Å². The molecule has 22 heavy (non-hydrogen) atoms. The predicted molar refractivity (Wildman–Crippen MR) is 81.0 cm³/mol. The van der Waals surface area contributed by atoms with E-state index < -0.39 is 5.41 Å². The molecule has 5 nitrogen and oxygen atoms in total. The third kappa shape index (κ3) is 3.28. The Bertz CT molecular complexity index is 621. The molecule has 0 aliphatic carbocycles. The van der Waals surface area contributed by atoms with Gasteiger partial charge in [-0.25, -0.2) is 0 Å². The third-order valence-corrected chi connectivity index (χ3v) is 3.99. The zero-order chi connectivity index (χ0) is 16.2. The molecule has 1 saturated heterocycles. The third-order valence-electron chi connectivity index (χ3n) is 3.99. The number of hydrogen-bond donors (Lipinski definition) is 0. The maximum absolute atomic E-state index is 12.6. The van der Waals surface area contributed by atoms with Crippen molar-refractivity contribution in [3.05, 3.63) is 35.4 Å². The van der Waals surface area contributed by atoms with Gasteiger partial charge in [0.1, 0.15) is 0 Å². The molecule has 1 aliphatic heterocycles. The van der Waals surface area contributed by atoms with Crippen LogP contribution in [0.2, 0.25) is 0 Å². The van der Waals surface area contributed by atoms with Crippen LogP contribution in [0.4, 0.5) is 0 Å². The molecule has 1 amide bonds. The fourth-order valence-electron chi connectivity index (χ4n) is 2.79. The van der Waals surface area contributed by atoms with Crippen LogP contribution in [0.3, 0.4) is 0 Å². The van der Waals surface area contributed by atoms with Crippen molar-refractivity contribution in [2.75, 3.05) is 19.7 Å². The number of benzene rings is 1. The summed E-state index contributed by atoms with van der Waals surface area (Å²) < 4.78 is 5.13. The van der Waals surface area contributed by atoms with E-state index in [9.17, 15) is 9.59 Å². The maximum atomic E-state index is 12.6. The summed E-state index contributed by atoms with van der Waals surface area (Å²) >= 11 is 0. The van der Waals surface area contributed by atoms with Gasteiger partial charge in [0.05, 0.1) is 23.7 Å². The number of carbonyl (C=O) groups excluding carboxylic acids is 2. The van der Waals surface area contributed by atoms with Crippen LogP contribution in [0.15, 0.2) is 24.3 Å². The number of hydrogen-bond acceptors (Lipinski definition) is 4. The van der Waals surface area contributed by atoms with Crippen molar-refractivity contribution in [1.82, 2.24) is 4.90 Å². The smallest absolute Gasteiger partial charge is 0.313 e. The number of nitrogens with zero attached hydrogens (tertiary/aromatic N) is 2. The highest BCUT2D eigenvalue weighted by Gasteiger charge is 2.40. The molecule has 0 bridgehead atoms. The minimum atomic E-state index is -0.656. The second-order valence-corrected chi connectivity index (χ2v) is 5.80. The van der Waals surface area contributed by atoms with Gasteiger partial charge in [0, 0.05) is 18.7 Å². The standard InChI is InChI=1S/C17H20N2O3/c1-3-22-16(21)17(2)8-5-9-19(12-17)15(20)14-7-4-6-13(10-14)11-18/h4,6-7,10H,3,5,8-9,12H2,1-2H3. The molecule has 1 fully saturated rings. The number of rotatable bonds is 3. The Morgan fingerprint density at radius 1 is 1.45 bits per heavy atom. The van der Waals surface area contributed by atoms with Crippen LogP contribution >= 0.6 is 0 Å². The lowest BCUT2D eigenvalue weighted by atomic mass is 9.81. The summed E-state index contributed by atoms with van der Waals surface area (Å²) in [7, 11) is 0. The van der Waals surface area contributed by atoms with Gasteiger partial charge in [-0.2, -0.15) is 5.26 Å². The monoisotopic (exact) mass is 300 g/mol. The Hall–Kier alpha value is -2.35. The van der Waals surface area contributed by atoms with Gasteiger partial charge in [0.15, 0.2) is 0 Å². The molecule has 1 aliphatic rings. The molecule has 0 saturated carbocycles. The van der Waals surface area contributed by atoms with E-state index in [0.29, 0.717) is 37.2 Å². The van der Waals surface area contributed by atoms with E-state index in [4.69, 9.17) is 10.00 Å². The van der Waals surface area contributed by atoms with E-state index in [1.807, 2.05) is 13.0 Å². The summed E-state index contributed by atoms with van der Waals surface area (Å²) in [6, 6.07) is 8.66. The van der Waals surface area contributed by atoms with Crippen molar-refractivity contribution in [1.29, 1.82) is 5.26 Å². The maximum Gasteiger partial charge on any atom is 0.313 e. The Kier molecular flexibility index (Phi) is 4.81. The molecule has 0 spiro atoms. The topological polar surface area (TPSA) is 70.4 Å². The van der Waals surface area contributed by atoms with E-state index in [2.05, 4.69) is 0 Å². The average molecular weight is 300 g/mol. The average Bonchev–Trinajstić information content (AvgIpc) is 2.54. The van der Waals surface area contributed by atoms with Crippen LogP contribution in [0.25, 0.3) is 0 Å². The van der Waals surface area contributed by atoms with Crippen LogP contribution in [-0.2, 0) is 9.53 Å². The summed E-state index contributed by atoms with van der Waals surface area (Å²) in [5.41, 5.74) is 0.278. The number of likely N-dealkylation sites (tertiary alicyclic amines) is 1. The Morgan fingerprint density at radius 3 is 2.91 bits per heavy atom. The van der Waals surface area contributed by atoms with Gasteiger partial charge < -0.3 is 9.64 Å². The molecule has 1 aromatic rings. The van der Waals surface area contributed by atoms with Gasteiger partial charge in [-0.3, -0.25) is 9.59 Å². The summed E-state index contributed by atoms with van der Waals surface area (Å²) in [6.45, 7) is 4.93. The lowest BCUT2D eigenvalue weighted by molar-refractivity contribution is -0.157. The van der Waals surface area contributed by atoms with Crippen LogP contribution in [0.5, 0.6) is 0 Å². The molecule has 1 atom stereocenters. The van der Waals surface area contributed by atoms with Crippen LogP contribution in [0.1, 0.15) is 42.6 Å². The second kappa shape index (κ2) is 6.61. The number of piperidine rings is 1. The molecular formula is C17H20N2O3. The van der Waals surface area contributed by atoms with Gasteiger partial charge >= 0.3 is 5.97 Å². The highest BCUT2D eigenvalue weighted by atomic mass is 16.5. The fraction of sp³-hybridized carbons (Fsp3) is 0.471. The number of ether oxygens (including phenoxy) is 1. The number of nitriles is 1. The van der Waals surface area contributed by atoms with Crippen LogP contribution < -0.4 is 0 Å².